The van der Waals surface area contributed by atoms with Crippen molar-refractivity contribution in [1.29, 1.82) is 0 Å². The van der Waals surface area contributed by atoms with Crippen LogP contribution in [-0.4, -0.2) is 5.97 Å². The molecule has 0 saturated carbocycles. The molecular weight excluding hydrogens is 255 g/mol. The number of rotatable bonds is 2. The fourth-order valence-corrected chi connectivity index (χ4v) is 1.62. The minimum atomic E-state index is -0.290. The molecule has 0 radical (unpaired) electrons. The van der Waals surface area contributed by atoms with Gasteiger partial charge in [0.15, 0.2) is 0 Å². The zero-order valence-electron chi connectivity index (χ0n) is 7.01. The van der Waals surface area contributed by atoms with Crippen molar-refractivity contribution in [3.63, 3.8) is 0 Å². The molecule has 4 heteroatoms. The second-order valence-corrected chi connectivity index (χ2v) is 3.81. The zero-order valence-corrected chi connectivity index (χ0v) is 9.35. The van der Waals surface area contributed by atoms with Gasteiger partial charge < -0.3 is 4.74 Å². The van der Waals surface area contributed by atoms with E-state index in [1.54, 1.807) is 12.1 Å². The van der Waals surface area contributed by atoms with E-state index in [1.165, 1.54) is 6.92 Å². The Hall–Kier alpha value is -0.540. The first kappa shape index (κ1) is 10.5. The molecule has 0 aliphatic rings. The Balaban J connectivity index is 2.72. The molecule has 0 aromatic heterocycles. The van der Waals surface area contributed by atoms with Gasteiger partial charge in [-0.25, -0.2) is 0 Å². The SMILES string of the molecule is CC(=O)OCc1ccc(Cl)cc1Br. The normalized spacial score (nSPS) is 9.77. The van der Waals surface area contributed by atoms with Gasteiger partial charge in [0.05, 0.1) is 0 Å². The van der Waals surface area contributed by atoms with E-state index in [1.807, 2.05) is 6.07 Å². The highest BCUT2D eigenvalue weighted by Gasteiger charge is 2.02. The average Bonchev–Trinajstić information content (AvgIpc) is 2.02. The molecule has 0 heterocycles. The van der Waals surface area contributed by atoms with Crippen molar-refractivity contribution in [2.45, 2.75) is 13.5 Å². The lowest BCUT2D eigenvalue weighted by Gasteiger charge is -2.04. The van der Waals surface area contributed by atoms with E-state index in [-0.39, 0.29) is 12.6 Å². The third-order valence-corrected chi connectivity index (χ3v) is 2.42. The second kappa shape index (κ2) is 4.63. The van der Waals surface area contributed by atoms with Crippen LogP contribution in [0.15, 0.2) is 22.7 Å². The van der Waals surface area contributed by atoms with Crippen molar-refractivity contribution in [2.24, 2.45) is 0 Å². The third-order valence-electron chi connectivity index (χ3n) is 1.45. The Morgan fingerprint density at radius 1 is 1.62 bits per heavy atom. The van der Waals surface area contributed by atoms with Crippen LogP contribution in [0.5, 0.6) is 0 Å². The van der Waals surface area contributed by atoms with Crippen molar-refractivity contribution in [3.05, 3.63) is 33.3 Å². The molecule has 0 aliphatic carbocycles. The maximum absolute atomic E-state index is 10.5. The number of ether oxygens (including phenoxy) is 1. The van der Waals surface area contributed by atoms with Crippen molar-refractivity contribution >= 4 is 33.5 Å². The Labute approximate surface area is 90.0 Å². The van der Waals surface area contributed by atoms with E-state index in [4.69, 9.17) is 16.3 Å². The summed E-state index contributed by atoms with van der Waals surface area (Å²) in [5, 5.41) is 0.651. The van der Waals surface area contributed by atoms with Gasteiger partial charge in [0.2, 0.25) is 0 Å². The highest BCUT2D eigenvalue weighted by molar-refractivity contribution is 9.10. The molecule has 0 atom stereocenters. The first-order valence-corrected chi connectivity index (χ1v) is 4.84. The Kier molecular flexibility index (Phi) is 3.75. The highest BCUT2D eigenvalue weighted by Crippen LogP contribution is 2.22. The quantitative estimate of drug-likeness (QED) is 0.766. The molecule has 0 saturated heterocycles. The maximum atomic E-state index is 10.5. The average molecular weight is 264 g/mol. The van der Waals surface area contributed by atoms with Crippen LogP contribution < -0.4 is 0 Å². The summed E-state index contributed by atoms with van der Waals surface area (Å²) in [6, 6.07) is 5.33. The predicted octanol–water partition coefficient (Wildman–Crippen LogP) is 3.17. The number of hydrogen-bond donors (Lipinski definition) is 0. The van der Waals surface area contributed by atoms with Crippen LogP contribution in [0.2, 0.25) is 5.02 Å². The number of halogens is 2. The molecule has 1 aromatic rings. The van der Waals surface area contributed by atoms with Crippen LogP contribution in [0.4, 0.5) is 0 Å². The van der Waals surface area contributed by atoms with Gasteiger partial charge in [0.1, 0.15) is 6.61 Å². The molecule has 1 rings (SSSR count). The van der Waals surface area contributed by atoms with Crippen LogP contribution in [0, 0.1) is 0 Å². The highest BCUT2D eigenvalue weighted by atomic mass is 79.9. The molecule has 1 aromatic carbocycles. The number of carbonyl (C=O) groups excluding carboxylic acids is 1. The summed E-state index contributed by atoms with van der Waals surface area (Å²) in [7, 11) is 0. The number of carbonyl (C=O) groups is 1. The largest absolute Gasteiger partial charge is 0.461 e. The standard InChI is InChI=1S/C9H8BrClO2/c1-6(12)13-5-7-2-3-8(11)4-9(7)10/h2-4H,5H2,1H3. The van der Waals surface area contributed by atoms with Gasteiger partial charge in [-0.05, 0) is 12.1 Å². The fraction of sp³-hybridized carbons (Fsp3) is 0.222. The number of hydrogen-bond acceptors (Lipinski definition) is 2. The summed E-state index contributed by atoms with van der Waals surface area (Å²) < 4.78 is 5.68. The summed E-state index contributed by atoms with van der Waals surface area (Å²) in [4.78, 5) is 10.5. The van der Waals surface area contributed by atoms with E-state index in [9.17, 15) is 4.79 Å². The second-order valence-electron chi connectivity index (χ2n) is 2.52. The van der Waals surface area contributed by atoms with Crippen molar-refractivity contribution in [1.82, 2.24) is 0 Å². The van der Waals surface area contributed by atoms with Crippen molar-refractivity contribution in [2.75, 3.05) is 0 Å². The van der Waals surface area contributed by atoms with Gasteiger partial charge in [-0.3, -0.25) is 4.79 Å². The zero-order chi connectivity index (χ0) is 9.84. The molecule has 0 N–H and O–H groups in total. The lowest BCUT2D eigenvalue weighted by Crippen LogP contribution is -1.99. The monoisotopic (exact) mass is 262 g/mol. The van der Waals surface area contributed by atoms with Gasteiger partial charge in [0, 0.05) is 22.0 Å². The third kappa shape index (κ3) is 3.36. The van der Waals surface area contributed by atoms with Crippen LogP contribution in [0.25, 0.3) is 0 Å². The molecule has 0 amide bonds. The fourth-order valence-electron chi connectivity index (χ4n) is 0.818. The smallest absolute Gasteiger partial charge is 0.302 e. The lowest BCUT2D eigenvalue weighted by molar-refractivity contribution is -0.142. The lowest BCUT2D eigenvalue weighted by atomic mass is 10.2. The van der Waals surface area contributed by atoms with E-state index < -0.39 is 0 Å². The van der Waals surface area contributed by atoms with E-state index in [0.717, 1.165) is 10.0 Å². The first-order valence-electron chi connectivity index (χ1n) is 3.67. The number of esters is 1. The Bertz CT molecular complexity index is 325. The molecule has 0 bridgehead atoms. The molecule has 0 aliphatic heterocycles. The van der Waals surface area contributed by atoms with E-state index in [0.29, 0.717) is 5.02 Å². The first-order chi connectivity index (χ1) is 6.09. The van der Waals surface area contributed by atoms with Gasteiger partial charge in [-0.1, -0.05) is 33.6 Å². The predicted molar refractivity (Wildman–Crippen MR) is 54.6 cm³/mol. The van der Waals surface area contributed by atoms with Gasteiger partial charge in [0.25, 0.3) is 0 Å². The van der Waals surface area contributed by atoms with Gasteiger partial charge in [-0.2, -0.15) is 0 Å². The maximum Gasteiger partial charge on any atom is 0.302 e. The van der Waals surface area contributed by atoms with Gasteiger partial charge >= 0.3 is 5.97 Å². The van der Waals surface area contributed by atoms with Crippen LogP contribution in [0.3, 0.4) is 0 Å². The molecule has 0 spiro atoms. The molecule has 0 unspecified atom stereocenters. The molecule has 0 fully saturated rings. The Morgan fingerprint density at radius 2 is 2.31 bits per heavy atom. The van der Waals surface area contributed by atoms with Gasteiger partial charge in [-0.15, -0.1) is 0 Å². The molecule has 70 valence electrons. The summed E-state index contributed by atoms with van der Waals surface area (Å²) in [6.45, 7) is 1.65. The molecule has 2 nitrogen and oxygen atoms in total. The topological polar surface area (TPSA) is 26.3 Å². The van der Waals surface area contributed by atoms with Crippen molar-refractivity contribution in [3.8, 4) is 0 Å². The van der Waals surface area contributed by atoms with Crippen molar-refractivity contribution < 1.29 is 9.53 Å². The van der Waals surface area contributed by atoms with Crippen LogP contribution in [0.1, 0.15) is 12.5 Å². The van der Waals surface area contributed by atoms with Crippen LogP contribution >= 0.6 is 27.5 Å². The number of benzene rings is 1. The van der Waals surface area contributed by atoms with E-state index >= 15 is 0 Å². The summed E-state index contributed by atoms with van der Waals surface area (Å²) in [5.41, 5.74) is 0.902. The van der Waals surface area contributed by atoms with E-state index in [2.05, 4.69) is 15.9 Å². The summed E-state index contributed by atoms with van der Waals surface area (Å²) in [6.07, 6.45) is 0. The molecule has 13 heavy (non-hydrogen) atoms. The Morgan fingerprint density at radius 3 is 2.85 bits per heavy atom. The summed E-state index contributed by atoms with van der Waals surface area (Å²) >= 11 is 9.06. The minimum absolute atomic E-state index is 0.271. The minimum Gasteiger partial charge on any atom is -0.461 e. The molecular formula is C9H8BrClO2. The summed E-state index contributed by atoms with van der Waals surface area (Å²) in [5.74, 6) is -0.290. The van der Waals surface area contributed by atoms with Crippen LogP contribution in [-0.2, 0) is 16.1 Å².